The summed E-state index contributed by atoms with van der Waals surface area (Å²) < 4.78 is 5.02. The summed E-state index contributed by atoms with van der Waals surface area (Å²) in [5, 5.41) is 12.9. The highest BCUT2D eigenvalue weighted by atomic mass is 15.0. The number of hydrogen-bond donors (Lipinski definition) is 0. The molecule has 2 heterocycles. The molecule has 0 bridgehead atoms. The van der Waals surface area contributed by atoms with Crippen LogP contribution < -0.4 is 0 Å². The molecule has 0 saturated heterocycles. The number of aromatic nitrogens is 2. The van der Waals surface area contributed by atoms with Crippen LogP contribution in [-0.4, -0.2) is 9.13 Å². The first kappa shape index (κ1) is 27.3. The van der Waals surface area contributed by atoms with Crippen molar-refractivity contribution in [2.75, 3.05) is 0 Å². The van der Waals surface area contributed by atoms with E-state index in [9.17, 15) is 0 Å². The van der Waals surface area contributed by atoms with Gasteiger partial charge in [0.1, 0.15) is 0 Å². The lowest BCUT2D eigenvalue weighted by Gasteiger charge is -2.17. The molecule has 50 heavy (non-hydrogen) atoms. The summed E-state index contributed by atoms with van der Waals surface area (Å²) >= 11 is 0. The summed E-state index contributed by atoms with van der Waals surface area (Å²) in [6.07, 6.45) is 0. The Kier molecular flexibility index (Phi) is 5.70. The van der Waals surface area contributed by atoms with E-state index in [2.05, 4.69) is 191 Å². The number of para-hydroxylation sites is 3. The van der Waals surface area contributed by atoms with Crippen LogP contribution in [0.1, 0.15) is 0 Å². The smallest absolute Gasteiger partial charge is 0.0795 e. The molecule has 232 valence electrons. The maximum Gasteiger partial charge on any atom is 0.0795 e. The maximum absolute atomic E-state index is 2.52. The van der Waals surface area contributed by atoms with Crippen LogP contribution in [0.4, 0.5) is 0 Å². The number of benzene rings is 9. The van der Waals surface area contributed by atoms with Gasteiger partial charge in [0.2, 0.25) is 0 Å². The maximum atomic E-state index is 2.52. The van der Waals surface area contributed by atoms with Crippen LogP contribution in [0.25, 0.3) is 98.4 Å². The SMILES string of the molecule is c1ccc(-c2ccc(-n3c4ccccc4c4c5c6ccccc6c6ccccc6c5c5c6ccccc6n(-c6ccccc6)c5c43)cc2)cc1. The van der Waals surface area contributed by atoms with Crippen LogP contribution in [0.3, 0.4) is 0 Å². The van der Waals surface area contributed by atoms with Gasteiger partial charge in [0.05, 0.1) is 22.1 Å². The van der Waals surface area contributed by atoms with Crippen molar-refractivity contribution in [3.8, 4) is 22.5 Å². The second-order valence-electron chi connectivity index (χ2n) is 13.2. The lowest BCUT2D eigenvalue weighted by Crippen LogP contribution is -1.99. The van der Waals surface area contributed by atoms with E-state index in [1.165, 1.54) is 87.1 Å². The van der Waals surface area contributed by atoms with Gasteiger partial charge in [0.25, 0.3) is 0 Å². The number of nitrogens with zero attached hydrogens (tertiary/aromatic N) is 2. The standard InChI is InChI=1S/C48H30N2/c1-3-15-31(16-4-1)32-27-29-34(30-28-32)50-42-26-14-12-24-40(42)46-44-38-22-10-8-20-36(38)35-19-7-9-21-37(35)43(44)45-39-23-11-13-25-41(39)49(47(45)48(46)50)33-17-5-2-6-18-33/h1-30H. The minimum absolute atomic E-state index is 1.14. The third kappa shape index (κ3) is 3.68. The Balaban J connectivity index is 1.46. The van der Waals surface area contributed by atoms with Crippen molar-refractivity contribution in [2.45, 2.75) is 0 Å². The Bertz CT molecular complexity index is 3110. The predicted molar refractivity (Wildman–Crippen MR) is 213 cm³/mol. The van der Waals surface area contributed by atoms with Gasteiger partial charge in [-0.2, -0.15) is 0 Å². The van der Waals surface area contributed by atoms with Crippen LogP contribution in [0.5, 0.6) is 0 Å². The molecule has 11 aromatic rings. The number of rotatable bonds is 3. The van der Waals surface area contributed by atoms with Crippen molar-refractivity contribution >= 4 is 75.9 Å². The first-order valence-electron chi connectivity index (χ1n) is 17.3. The third-order valence-corrected chi connectivity index (χ3v) is 10.7. The molecule has 9 aromatic carbocycles. The van der Waals surface area contributed by atoms with Crippen LogP contribution >= 0.6 is 0 Å². The second kappa shape index (κ2) is 10.4. The lowest BCUT2D eigenvalue weighted by molar-refractivity contribution is 1.15. The van der Waals surface area contributed by atoms with Gasteiger partial charge in [-0.3, -0.25) is 0 Å². The second-order valence-corrected chi connectivity index (χ2v) is 13.2. The Morgan fingerprint density at radius 3 is 1.10 bits per heavy atom. The molecule has 0 amide bonds. The van der Waals surface area contributed by atoms with Gasteiger partial charge in [-0.15, -0.1) is 0 Å². The highest BCUT2D eigenvalue weighted by Gasteiger charge is 2.26. The number of fused-ring (bicyclic) bond motifs is 15. The summed E-state index contributed by atoms with van der Waals surface area (Å²) in [6.45, 7) is 0. The monoisotopic (exact) mass is 634 g/mol. The predicted octanol–water partition coefficient (Wildman–Crippen LogP) is 13.0. The first-order valence-corrected chi connectivity index (χ1v) is 17.3. The first-order chi connectivity index (χ1) is 24.9. The van der Waals surface area contributed by atoms with Crippen molar-refractivity contribution in [3.63, 3.8) is 0 Å². The van der Waals surface area contributed by atoms with Crippen molar-refractivity contribution < 1.29 is 0 Å². The Morgan fingerprint density at radius 2 is 0.600 bits per heavy atom. The minimum Gasteiger partial charge on any atom is -0.307 e. The summed E-state index contributed by atoms with van der Waals surface area (Å²) in [4.78, 5) is 0. The van der Waals surface area contributed by atoms with E-state index in [0.717, 1.165) is 11.4 Å². The molecular formula is C48H30N2. The zero-order valence-electron chi connectivity index (χ0n) is 27.2. The Hall–Kier alpha value is -6.64. The molecule has 0 unspecified atom stereocenters. The van der Waals surface area contributed by atoms with Gasteiger partial charge in [0.15, 0.2) is 0 Å². The van der Waals surface area contributed by atoms with Crippen molar-refractivity contribution in [3.05, 3.63) is 182 Å². The highest BCUT2D eigenvalue weighted by molar-refractivity contribution is 6.45. The van der Waals surface area contributed by atoms with E-state index < -0.39 is 0 Å². The summed E-state index contributed by atoms with van der Waals surface area (Å²) in [6, 6.07) is 66.5. The zero-order valence-corrected chi connectivity index (χ0v) is 27.2. The molecule has 0 saturated carbocycles. The van der Waals surface area contributed by atoms with Gasteiger partial charge >= 0.3 is 0 Å². The molecule has 0 atom stereocenters. The van der Waals surface area contributed by atoms with Gasteiger partial charge in [-0.1, -0.05) is 146 Å². The fourth-order valence-electron chi connectivity index (χ4n) is 8.64. The van der Waals surface area contributed by atoms with Gasteiger partial charge in [-0.05, 0) is 69.1 Å². The lowest BCUT2D eigenvalue weighted by atomic mass is 9.89. The van der Waals surface area contributed by atoms with E-state index in [-0.39, 0.29) is 0 Å². The molecule has 0 radical (unpaired) electrons. The van der Waals surface area contributed by atoms with Crippen LogP contribution in [-0.2, 0) is 0 Å². The van der Waals surface area contributed by atoms with E-state index >= 15 is 0 Å². The van der Waals surface area contributed by atoms with E-state index in [0.29, 0.717) is 0 Å². The molecule has 0 N–H and O–H groups in total. The van der Waals surface area contributed by atoms with E-state index in [1.54, 1.807) is 0 Å². The van der Waals surface area contributed by atoms with Gasteiger partial charge in [0, 0.05) is 43.7 Å². The average molecular weight is 635 g/mol. The largest absolute Gasteiger partial charge is 0.307 e. The summed E-state index contributed by atoms with van der Waals surface area (Å²) in [5.41, 5.74) is 9.58. The Morgan fingerprint density at radius 1 is 0.240 bits per heavy atom. The molecule has 0 aliphatic rings. The molecule has 2 aromatic heterocycles. The summed E-state index contributed by atoms with van der Waals surface area (Å²) in [7, 11) is 0. The van der Waals surface area contributed by atoms with Crippen LogP contribution in [0.2, 0.25) is 0 Å². The van der Waals surface area contributed by atoms with E-state index in [4.69, 9.17) is 0 Å². The third-order valence-electron chi connectivity index (χ3n) is 10.7. The molecule has 0 fully saturated rings. The zero-order chi connectivity index (χ0) is 32.8. The fourth-order valence-corrected chi connectivity index (χ4v) is 8.64. The van der Waals surface area contributed by atoms with Gasteiger partial charge in [-0.25, -0.2) is 0 Å². The van der Waals surface area contributed by atoms with Crippen LogP contribution in [0.15, 0.2) is 182 Å². The van der Waals surface area contributed by atoms with Gasteiger partial charge < -0.3 is 9.13 Å². The van der Waals surface area contributed by atoms with Crippen molar-refractivity contribution in [2.24, 2.45) is 0 Å². The molecule has 0 spiro atoms. The Labute approximate surface area is 288 Å². The molecular weight excluding hydrogens is 605 g/mol. The highest BCUT2D eigenvalue weighted by Crippen LogP contribution is 2.50. The summed E-state index contributed by atoms with van der Waals surface area (Å²) in [5.74, 6) is 0. The molecule has 2 nitrogen and oxygen atoms in total. The molecule has 0 aliphatic heterocycles. The quantitative estimate of drug-likeness (QED) is 0.171. The van der Waals surface area contributed by atoms with Crippen molar-refractivity contribution in [1.82, 2.24) is 9.13 Å². The van der Waals surface area contributed by atoms with E-state index in [1.807, 2.05) is 0 Å². The molecule has 11 rings (SSSR count). The topological polar surface area (TPSA) is 9.86 Å². The average Bonchev–Trinajstić information content (AvgIpc) is 3.72. The van der Waals surface area contributed by atoms with Crippen molar-refractivity contribution in [1.29, 1.82) is 0 Å². The normalized spacial score (nSPS) is 12.0. The molecule has 2 heteroatoms. The van der Waals surface area contributed by atoms with Crippen LogP contribution in [0, 0.1) is 0 Å². The fraction of sp³-hybridized carbons (Fsp3) is 0. The molecule has 0 aliphatic carbocycles. The minimum atomic E-state index is 1.14. The number of hydrogen-bond acceptors (Lipinski definition) is 0.